The number of likely N-dealkylation sites (N-methyl/N-ethyl adjacent to an activating group) is 2. The van der Waals surface area contributed by atoms with Crippen molar-refractivity contribution >= 4 is 62.4 Å². The predicted molar refractivity (Wildman–Crippen MR) is 130 cm³/mol. The van der Waals surface area contributed by atoms with Crippen LogP contribution in [-0.4, -0.2) is 54.6 Å². The minimum Gasteiger partial charge on any atom is -0.370 e. The van der Waals surface area contributed by atoms with Crippen LogP contribution in [0.5, 0.6) is 0 Å². The number of benzene rings is 2. The number of fused-ring (bicyclic) bond motifs is 1. The summed E-state index contributed by atoms with van der Waals surface area (Å²) >= 11 is 9.38. The number of amides is 3. The fourth-order valence-electron chi connectivity index (χ4n) is 3.60. The second-order valence-corrected chi connectivity index (χ2v) is 8.69. The molecule has 3 N–H and O–H groups in total. The molecule has 3 amide bonds. The Bertz CT molecular complexity index is 1250. The maximum absolute atomic E-state index is 13.0. The zero-order valence-corrected chi connectivity index (χ0v) is 20.1. The predicted octanol–water partition coefficient (Wildman–Crippen LogP) is 3.29. The second-order valence-electron chi connectivity index (χ2n) is 7.49. The number of carbonyl (C=O) groups is 3. The van der Waals surface area contributed by atoms with E-state index in [0.717, 1.165) is 11.4 Å². The molecule has 1 aliphatic heterocycles. The lowest BCUT2D eigenvalue weighted by atomic mass is 10.2. The second kappa shape index (κ2) is 9.24. The van der Waals surface area contributed by atoms with E-state index in [4.69, 9.17) is 11.6 Å². The summed E-state index contributed by atoms with van der Waals surface area (Å²) in [6.07, 6.45) is 0. The zero-order chi connectivity index (χ0) is 23.7. The first-order chi connectivity index (χ1) is 15.8. The van der Waals surface area contributed by atoms with Gasteiger partial charge in [0.2, 0.25) is 0 Å². The Labute approximate surface area is 203 Å². The van der Waals surface area contributed by atoms with Crippen LogP contribution in [0.2, 0.25) is 5.02 Å². The summed E-state index contributed by atoms with van der Waals surface area (Å²) in [5.41, 5.74) is 1.92. The van der Waals surface area contributed by atoms with Gasteiger partial charge in [-0.15, -0.1) is 0 Å². The van der Waals surface area contributed by atoms with Crippen LogP contribution in [0, 0.1) is 0 Å². The first kappa shape index (κ1) is 22.8. The highest BCUT2D eigenvalue weighted by atomic mass is 79.9. The third kappa shape index (κ3) is 4.44. The van der Waals surface area contributed by atoms with Gasteiger partial charge in [0.1, 0.15) is 11.9 Å². The van der Waals surface area contributed by atoms with Crippen molar-refractivity contribution in [3.8, 4) is 0 Å². The fourth-order valence-corrected chi connectivity index (χ4v) is 4.27. The number of rotatable bonds is 4. The number of carbonyl (C=O) groups excluding carboxylic acids is 3. The molecule has 0 spiro atoms. The monoisotopic (exact) mass is 530 g/mol. The van der Waals surface area contributed by atoms with Crippen molar-refractivity contribution in [1.29, 1.82) is 0 Å². The first-order valence-corrected chi connectivity index (χ1v) is 11.1. The van der Waals surface area contributed by atoms with Crippen LogP contribution >= 0.6 is 27.5 Å². The molecule has 4 rings (SSSR count). The van der Waals surface area contributed by atoms with E-state index in [1.807, 2.05) is 36.2 Å². The van der Waals surface area contributed by atoms with Gasteiger partial charge in [-0.2, -0.15) is 5.10 Å². The van der Waals surface area contributed by atoms with Gasteiger partial charge in [-0.05, 0) is 40.2 Å². The lowest BCUT2D eigenvalue weighted by Gasteiger charge is -2.22. The normalized spacial score (nSPS) is 15.6. The van der Waals surface area contributed by atoms with Crippen LogP contribution in [0.1, 0.15) is 20.8 Å². The van der Waals surface area contributed by atoms with Gasteiger partial charge in [-0.25, -0.2) is 0 Å². The Hall–Kier alpha value is -3.37. The smallest absolute Gasteiger partial charge is 0.273 e. The van der Waals surface area contributed by atoms with Gasteiger partial charge in [0.15, 0.2) is 5.69 Å². The summed E-state index contributed by atoms with van der Waals surface area (Å²) in [6, 6.07) is 13.3. The number of H-pyrrole nitrogens is 1. The Morgan fingerprint density at radius 1 is 1.09 bits per heavy atom. The average molecular weight is 532 g/mol. The molecule has 9 nitrogen and oxygen atoms in total. The molecule has 0 aliphatic carbocycles. The van der Waals surface area contributed by atoms with Crippen LogP contribution in [0.25, 0.3) is 0 Å². The van der Waals surface area contributed by atoms with Crippen molar-refractivity contribution < 1.29 is 14.4 Å². The Morgan fingerprint density at radius 3 is 2.48 bits per heavy atom. The van der Waals surface area contributed by atoms with Gasteiger partial charge >= 0.3 is 0 Å². The molecule has 33 heavy (non-hydrogen) atoms. The number of nitrogens with one attached hydrogen (secondary N) is 3. The number of para-hydroxylation sites is 2. The summed E-state index contributed by atoms with van der Waals surface area (Å²) in [6.45, 7) is 0.282. The van der Waals surface area contributed by atoms with Crippen molar-refractivity contribution in [3.05, 3.63) is 69.3 Å². The van der Waals surface area contributed by atoms with E-state index in [9.17, 15) is 14.4 Å². The van der Waals surface area contributed by atoms with E-state index < -0.39 is 17.9 Å². The molecule has 0 unspecified atom stereocenters. The van der Waals surface area contributed by atoms with Crippen molar-refractivity contribution in [2.24, 2.45) is 0 Å². The number of aromatic amines is 1. The lowest BCUT2D eigenvalue weighted by molar-refractivity contribution is -0.119. The average Bonchev–Trinajstić information content (AvgIpc) is 3.13. The highest BCUT2D eigenvalue weighted by Crippen LogP contribution is 2.31. The van der Waals surface area contributed by atoms with Gasteiger partial charge in [0, 0.05) is 20.6 Å². The number of anilines is 3. The van der Waals surface area contributed by atoms with E-state index >= 15 is 0 Å². The van der Waals surface area contributed by atoms with Crippen molar-refractivity contribution in [2.75, 3.05) is 35.8 Å². The minimum absolute atomic E-state index is 0.00401. The fraction of sp³-hybridized carbons (Fsp3) is 0.182. The summed E-state index contributed by atoms with van der Waals surface area (Å²) < 4.78 is 0.256. The van der Waals surface area contributed by atoms with Gasteiger partial charge in [-0.3, -0.25) is 19.5 Å². The highest BCUT2D eigenvalue weighted by Gasteiger charge is 2.33. The Balaban J connectivity index is 1.50. The first-order valence-electron chi connectivity index (χ1n) is 9.96. The van der Waals surface area contributed by atoms with E-state index in [2.05, 4.69) is 36.8 Å². The molecular formula is C22H20BrClN6O3. The standard InChI is InChI=1S/C22H20BrClN6O3/c1-29-11-14(22(33)30(2)16-10-6-5-9-15(16)29)25-21(32)18-17(23)19(28-27-18)26-20(31)12-7-3-4-8-13(12)24/h3-10,14H,11H2,1-2H3,(H,25,32)(H2,26,27,28,31)/t14-/m1/s1. The molecule has 0 saturated carbocycles. The number of nitrogens with zero attached hydrogens (tertiary/aromatic N) is 3. The Kier molecular flexibility index (Phi) is 6.39. The highest BCUT2D eigenvalue weighted by molar-refractivity contribution is 9.10. The molecule has 170 valence electrons. The zero-order valence-electron chi connectivity index (χ0n) is 17.7. The van der Waals surface area contributed by atoms with E-state index in [-0.39, 0.29) is 34.0 Å². The lowest BCUT2D eigenvalue weighted by Crippen LogP contribution is -2.51. The van der Waals surface area contributed by atoms with Gasteiger partial charge < -0.3 is 20.4 Å². The number of hydrogen-bond donors (Lipinski definition) is 3. The van der Waals surface area contributed by atoms with Crippen molar-refractivity contribution in [2.45, 2.75) is 6.04 Å². The van der Waals surface area contributed by atoms with Gasteiger partial charge in [-0.1, -0.05) is 35.9 Å². The molecule has 3 aromatic rings. The van der Waals surface area contributed by atoms with Crippen LogP contribution in [0.4, 0.5) is 17.2 Å². The largest absolute Gasteiger partial charge is 0.370 e. The molecule has 0 saturated heterocycles. The van der Waals surface area contributed by atoms with Crippen LogP contribution in [0.3, 0.4) is 0 Å². The third-order valence-corrected chi connectivity index (χ3v) is 6.43. The van der Waals surface area contributed by atoms with Crippen LogP contribution < -0.4 is 20.4 Å². The number of aromatic nitrogens is 2. The Morgan fingerprint density at radius 2 is 1.76 bits per heavy atom. The summed E-state index contributed by atoms with van der Waals surface area (Å²) in [4.78, 5) is 41.9. The van der Waals surface area contributed by atoms with Gasteiger partial charge in [0.05, 0.1) is 26.4 Å². The quantitative estimate of drug-likeness (QED) is 0.479. The molecule has 1 aliphatic rings. The molecular weight excluding hydrogens is 512 g/mol. The molecule has 2 heterocycles. The molecule has 11 heteroatoms. The molecule has 2 aromatic carbocycles. The maximum atomic E-state index is 13.0. The summed E-state index contributed by atoms with van der Waals surface area (Å²) in [7, 11) is 3.53. The van der Waals surface area contributed by atoms with E-state index in [1.54, 1.807) is 31.3 Å². The van der Waals surface area contributed by atoms with Crippen molar-refractivity contribution in [1.82, 2.24) is 15.5 Å². The minimum atomic E-state index is -0.801. The van der Waals surface area contributed by atoms with E-state index in [1.165, 1.54) is 4.90 Å². The van der Waals surface area contributed by atoms with Gasteiger partial charge in [0.25, 0.3) is 17.7 Å². The summed E-state index contributed by atoms with van der Waals surface area (Å²) in [5, 5.41) is 12.3. The van der Waals surface area contributed by atoms with Crippen molar-refractivity contribution in [3.63, 3.8) is 0 Å². The molecule has 0 fully saturated rings. The topological polar surface area (TPSA) is 110 Å². The van der Waals surface area contributed by atoms with E-state index in [0.29, 0.717) is 5.02 Å². The molecule has 1 atom stereocenters. The number of hydrogen-bond acceptors (Lipinski definition) is 5. The molecule has 1 aromatic heterocycles. The molecule has 0 radical (unpaired) electrons. The van der Waals surface area contributed by atoms with Crippen LogP contribution in [-0.2, 0) is 4.79 Å². The molecule has 0 bridgehead atoms. The number of halogens is 2. The maximum Gasteiger partial charge on any atom is 0.273 e. The van der Waals surface area contributed by atoms with Crippen LogP contribution in [0.15, 0.2) is 53.0 Å². The SMILES string of the molecule is CN1C[C@@H](NC(=O)c2n[nH]c(NC(=O)c3ccccc3Cl)c2Br)C(=O)N(C)c2ccccc21. The summed E-state index contributed by atoms with van der Waals surface area (Å²) in [5.74, 6) is -1.09. The third-order valence-electron chi connectivity index (χ3n) is 5.32.